The van der Waals surface area contributed by atoms with Crippen LogP contribution in [0.5, 0.6) is 0 Å². The van der Waals surface area contributed by atoms with Crippen LogP contribution in [0, 0.1) is 5.41 Å². The lowest BCUT2D eigenvalue weighted by molar-refractivity contribution is -0.0601. The molecule has 2 heterocycles. The van der Waals surface area contributed by atoms with Crippen LogP contribution in [0.4, 0.5) is 0 Å². The summed E-state index contributed by atoms with van der Waals surface area (Å²) in [5.41, 5.74) is -0.0171. The standard InChI is InChI=1S/C12H23NO2/c1-9(14)12(2,3)8-13-6-10-4-5-11(7-13)15-10/h9-11,14H,4-8H2,1-3H3. The number of hydrogen-bond donors (Lipinski definition) is 1. The van der Waals surface area contributed by atoms with E-state index in [1.54, 1.807) is 0 Å². The number of nitrogens with zero attached hydrogens (tertiary/aromatic N) is 1. The van der Waals surface area contributed by atoms with E-state index >= 15 is 0 Å². The Morgan fingerprint density at radius 1 is 1.33 bits per heavy atom. The van der Waals surface area contributed by atoms with Crippen molar-refractivity contribution in [2.45, 2.75) is 51.9 Å². The molecule has 2 bridgehead atoms. The maximum atomic E-state index is 9.70. The third kappa shape index (κ3) is 2.52. The number of morpholine rings is 1. The minimum Gasteiger partial charge on any atom is -0.393 e. The molecule has 0 aliphatic carbocycles. The Morgan fingerprint density at radius 3 is 2.33 bits per heavy atom. The average Bonchev–Trinajstić information content (AvgIpc) is 2.44. The second kappa shape index (κ2) is 4.04. The number of likely N-dealkylation sites (tertiary alicyclic amines) is 1. The van der Waals surface area contributed by atoms with Crippen LogP contribution in [0.15, 0.2) is 0 Å². The van der Waals surface area contributed by atoms with Crippen molar-refractivity contribution in [2.75, 3.05) is 19.6 Å². The fourth-order valence-electron chi connectivity index (χ4n) is 2.54. The van der Waals surface area contributed by atoms with Gasteiger partial charge in [-0.05, 0) is 19.8 Å². The fourth-order valence-corrected chi connectivity index (χ4v) is 2.54. The van der Waals surface area contributed by atoms with Crippen molar-refractivity contribution < 1.29 is 9.84 Å². The first-order chi connectivity index (χ1) is 6.97. The van der Waals surface area contributed by atoms with Crippen molar-refractivity contribution in [1.82, 2.24) is 4.90 Å². The van der Waals surface area contributed by atoms with E-state index < -0.39 is 0 Å². The van der Waals surface area contributed by atoms with Gasteiger partial charge in [0.15, 0.2) is 0 Å². The number of fused-ring (bicyclic) bond motifs is 2. The normalized spacial score (nSPS) is 34.4. The average molecular weight is 213 g/mol. The van der Waals surface area contributed by atoms with E-state index in [4.69, 9.17) is 4.74 Å². The molecule has 15 heavy (non-hydrogen) atoms. The summed E-state index contributed by atoms with van der Waals surface area (Å²) in [6.07, 6.45) is 3.09. The second-order valence-electron chi connectivity index (χ2n) is 5.82. The molecule has 0 saturated carbocycles. The summed E-state index contributed by atoms with van der Waals surface area (Å²) in [5, 5.41) is 9.70. The number of aliphatic hydroxyl groups is 1. The summed E-state index contributed by atoms with van der Waals surface area (Å²) < 4.78 is 5.80. The van der Waals surface area contributed by atoms with Gasteiger partial charge in [0.05, 0.1) is 18.3 Å². The molecule has 1 N–H and O–H groups in total. The maximum absolute atomic E-state index is 9.70. The van der Waals surface area contributed by atoms with Gasteiger partial charge in [0, 0.05) is 25.0 Å². The molecule has 0 spiro atoms. The molecule has 88 valence electrons. The number of aliphatic hydroxyl groups excluding tert-OH is 1. The first kappa shape index (κ1) is 11.4. The van der Waals surface area contributed by atoms with Crippen LogP contribution in [0.1, 0.15) is 33.6 Å². The molecule has 0 aromatic rings. The zero-order valence-electron chi connectivity index (χ0n) is 10.1. The van der Waals surface area contributed by atoms with Gasteiger partial charge in [-0.1, -0.05) is 13.8 Å². The highest BCUT2D eigenvalue weighted by Gasteiger charge is 2.36. The molecule has 2 rings (SSSR count). The highest BCUT2D eigenvalue weighted by atomic mass is 16.5. The van der Waals surface area contributed by atoms with E-state index in [9.17, 15) is 5.11 Å². The largest absolute Gasteiger partial charge is 0.393 e. The van der Waals surface area contributed by atoms with Crippen LogP contribution in [0.3, 0.4) is 0 Å². The Morgan fingerprint density at radius 2 is 1.87 bits per heavy atom. The van der Waals surface area contributed by atoms with E-state index in [0.29, 0.717) is 12.2 Å². The lowest BCUT2D eigenvalue weighted by Gasteiger charge is -2.39. The minimum atomic E-state index is -0.252. The predicted octanol–water partition coefficient (Wildman–Crippen LogP) is 1.26. The van der Waals surface area contributed by atoms with Crippen LogP contribution in [0.2, 0.25) is 0 Å². The van der Waals surface area contributed by atoms with E-state index in [-0.39, 0.29) is 11.5 Å². The summed E-state index contributed by atoms with van der Waals surface area (Å²) in [6, 6.07) is 0. The lowest BCUT2D eigenvalue weighted by atomic mass is 9.86. The van der Waals surface area contributed by atoms with Crippen molar-refractivity contribution in [3.63, 3.8) is 0 Å². The van der Waals surface area contributed by atoms with Gasteiger partial charge in [0.25, 0.3) is 0 Å². The molecule has 0 aromatic carbocycles. The van der Waals surface area contributed by atoms with Crippen LogP contribution in [-0.2, 0) is 4.74 Å². The van der Waals surface area contributed by atoms with Gasteiger partial charge in [-0.2, -0.15) is 0 Å². The van der Waals surface area contributed by atoms with Gasteiger partial charge in [0.1, 0.15) is 0 Å². The van der Waals surface area contributed by atoms with Crippen LogP contribution >= 0.6 is 0 Å². The molecule has 3 heteroatoms. The molecule has 3 nitrogen and oxygen atoms in total. The smallest absolute Gasteiger partial charge is 0.0707 e. The monoisotopic (exact) mass is 213 g/mol. The van der Waals surface area contributed by atoms with Gasteiger partial charge in [-0.25, -0.2) is 0 Å². The molecule has 2 aliphatic rings. The quantitative estimate of drug-likeness (QED) is 0.766. The molecular weight excluding hydrogens is 190 g/mol. The summed E-state index contributed by atoms with van der Waals surface area (Å²) in [7, 11) is 0. The van der Waals surface area contributed by atoms with Crippen LogP contribution < -0.4 is 0 Å². The molecule has 2 saturated heterocycles. The zero-order valence-corrected chi connectivity index (χ0v) is 10.1. The van der Waals surface area contributed by atoms with Crippen molar-refractivity contribution in [3.8, 4) is 0 Å². The lowest BCUT2D eigenvalue weighted by Crippen LogP contribution is -2.48. The Labute approximate surface area is 92.4 Å². The summed E-state index contributed by atoms with van der Waals surface area (Å²) in [5.74, 6) is 0. The van der Waals surface area contributed by atoms with Crippen LogP contribution in [0.25, 0.3) is 0 Å². The van der Waals surface area contributed by atoms with E-state index in [2.05, 4.69) is 18.7 Å². The summed E-state index contributed by atoms with van der Waals surface area (Å²) in [6.45, 7) is 9.22. The fraction of sp³-hybridized carbons (Fsp3) is 1.00. The predicted molar refractivity (Wildman–Crippen MR) is 59.8 cm³/mol. The number of hydrogen-bond acceptors (Lipinski definition) is 3. The van der Waals surface area contributed by atoms with Gasteiger partial charge >= 0.3 is 0 Å². The molecule has 0 radical (unpaired) electrons. The van der Waals surface area contributed by atoms with Gasteiger partial charge in [-0.15, -0.1) is 0 Å². The van der Waals surface area contributed by atoms with E-state index in [1.807, 2.05) is 6.92 Å². The minimum absolute atomic E-state index is 0.0171. The van der Waals surface area contributed by atoms with Crippen molar-refractivity contribution in [2.24, 2.45) is 5.41 Å². The summed E-state index contributed by atoms with van der Waals surface area (Å²) in [4.78, 5) is 2.46. The first-order valence-corrected chi connectivity index (χ1v) is 6.03. The zero-order chi connectivity index (χ0) is 11.1. The molecule has 2 fully saturated rings. The van der Waals surface area contributed by atoms with E-state index in [0.717, 1.165) is 19.6 Å². The Balaban J connectivity index is 1.90. The van der Waals surface area contributed by atoms with E-state index in [1.165, 1.54) is 12.8 Å². The van der Waals surface area contributed by atoms with Gasteiger partial charge in [0.2, 0.25) is 0 Å². The molecule has 3 unspecified atom stereocenters. The molecular formula is C12H23NO2. The number of rotatable bonds is 3. The Hall–Kier alpha value is -0.120. The molecule has 0 aromatic heterocycles. The Bertz CT molecular complexity index is 216. The maximum Gasteiger partial charge on any atom is 0.0707 e. The van der Waals surface area contributed by atoms with Gasteiger partial charge < -0.3 is 9.84 Å². The van der Waals surface area contributed by atoms with Crippen molar-refractivity contribution in [1.29, 1.82) is 0 Å². The third-order valence-electron chi connectivity index (χ3n) is 3.88. The topological polar surface area (TPSA) is 32.7 Å². The second-order valence-corrected chi connectivity index (χ2v) is 5.82. The Kier molecular flexibility index (Phi) is 3.06. The third-order valence-corrected chi connectivity index (χ3v) is 3.88. The van der Waals surface area contributed by atoms with Crippen molar-refractivity contribution >= 4 is 0 Å². The number of ether oxygens (including phenoxy) is 1. The molecule has 0 amide bonds. The SMILES string of the molecule is CC(O)C(C)(C)CN1CC2CCC(C1)O2. The highest BCUT2D eigenvalue weighted by molar-refractivity contribution is 4.88. The molecule has 2 aliphatic heterocycles. The molecule has 3 atom stereocenters. The highest BCUT2D eigenvalue weighted by Crippen LogP contribution is 2.29. The summed E-state index contributed by atoms with van der Waals surface area (Å²) >= 11 is 0. The first-order valence-electron chi connectivity index (χ1n) is 6.03. The van der Waals surface area contributed by atoms with Gasteiger partial charge in [-0.3, -0.25) is 4.90 Å². The van der Waals surface area contributed by atoms with Crippen molar-refractivity contribution in [3.05, 3.63) is 0 Å². The van der Waals surface area contributed by atoms with Crippen LogP contribution in [-0.4, -0.2) is 48.0 Å².